The summed E-state index contributed by atoms with van der Waals surface area (Å²) >= 11 is 1.50. The molecule has 0 aliphatic carbocycles. The van der Waals surface area contributed by atoms with E-state index in [2.05, 4.69) is 42.3 Å². The lowest BCUT2D eigenvalue weighted by Gasteiger charge is -2.11. The van der Waals surface area contributed by atoms with Gasteiger partial charge in [0, 0.05) is 11.1 Å². The van der Waals surface area contributed by atoms with E-state index < -0.39 is 0 Å². The molecule has 4 nitrogen and oxygen atoms in total. The van der Waals surface area contributed by atoms with Crippen LogP contribution in [0.1, 0.15) is 30.7 Å². The first kappa shape index (κ1) is 15.5. The standard InChI is InChI=1S/C16H20N2O2S/c1-4-12-8-6-7-11(3)15(12)18-16-17-13(10-21-16)9-14(19)20-5-2/h6-8,10H,4-5,9H2,1-3H3,(H,17,18). The van der Waals surface area contributed by atoms with Gasteiger partial charge in [0.05, 0.1) is 18.7 Å². The zero-order valence-electron chi connectivity index (χ0n) is 12.6. The largest absolute Gasteiger partial charge is 0.466 e. The molecule has 112 valence electrons. The van der Waals surface area contributed by atoms with Crippen molar-refractivity contribution in [3.05, 3.63) is 40.4 Å². The fourth-order valence-corrected chi connectivity index (χ4v) is 2.83. The second-order valence-electron chi connectivity index (χ2n) is 4.71. The number of anilines is 2. The summed E-state index contributed by atoms with van der Waals surface area (Å²) in [5.74, 6) is -0.237. The molecular formula is C16H20N2O2S. The minimum Gasteiger partial charge on any atom is -0.466 e. The molecular weight excluding hydrogens is 284 g/mol. The van der Waals surface area contributed by atoms with Crippen molar-refractivity contribution in [1.29, 1.82) is 0 Å². The molecule has 2 rings (SSSR count). The van der Waals surface area contributed by atoms with Crippen LogP contribution >= 0.6 is 11.3 Å². The number of aromatic nitrogens is 1. The quantitative estimate of drug-likeness (QED) is 0.823. The maximum atomic E-state index is 11.5. The van der Waals surface area contributed by atoms with Crippen LogP contribution in [0.2, 0.25) is 0 Å². The van der Waals surface area contributed by atoms with Crippen LogP contribution in [0.3, 0.4) is 0 Å². The molecule has 0 unspecified atom stereocenters. The molecule has 0 amide bonds. The summed E-state index contributed by atoms with van der Waals surface area (Å²) in [4.78, 5) is 15.9. The van der Waals surface area contributed by atoms with Gasteiger partial charge in [0.25, 0.3) is 0 Å². The molecule has 2 aromatic rings. The van der Waals surface area contributed by atoms with Gasteiger partial charge in [0.2, 0.25) is 0 Å². The lowest BCUT2D eigenvalue weighted by atomic mass is 10.1. The number of carbonyl (C=O) groups is 1. The predicted molar refractivity (Wildman–Crippen MR) is 86.3 cm³/mol. The number of carbonyl (C=O) groups excluding carboxylic acids is 1. The van der Waals surface area contributed by atoms with E-state index in [1.54, 1.807) is 6.92 Å². The minimum absolute atomic E-state index is 0.223. The highest BCUT2D eigenvalue weighted by molar-refractivity contribution is 7.13. The van der Waals surface area contributed by atoms with Gasteiger partial charge in [-0.2, -0.15) is 0 Å². The van der Waals surface area contributed by atoms with E-state index >= 15 is 0 Å². The Morgan fingerprint density at radius 2 is 2.19 bits per heavy atom. The van der Waals surface area contributed by atoms with Crippen molar-refractivity contribution in [2.45, 2.75) is 33.6 Å². The molecule has 0 fully saturated rings. The lowest BCUT2D eigenvalue weighted by molar-refractivity contribution is -0.142. The number of rotatable bonds is 6. The molecule has 0 saturated heterocycles. The summed E-state index contributed by atoms with van der Waals surface area (Å²) in [5, 5.41) is 6.07. The second kappa shape index (κ2) is 7.22. The summed E-state index contributed by atoms with van der Waals surface area (Å²) in [6.07, 6.45) is 1.19. The number of ether oxygens (including phenoxy) is 1. The maximum Gasteiger partial charge on any atom is 0.311 e. The minimum atomic E-state index is -0.237. The van der Waals surface area contributed by atoms with E-state index in [9.17, 15) is 4.79 Å². The summed E-state index contributed by atoms with van der Waals surface area (Å²) in [5.41, 5.74) is 4.30. The third kappa shape index (κ3) is 4.04. The molecule has 0 atom stereocenters. The first-order chi connectivity index (χ1) is 10.1. The molecule has 0 aliphatic heterocycles. The monoisotopic (exact) mass is 304 g/mol. The van der Waals surface area contributed by atoms with Crippen LogP contribution in [0.25, 0.3) is 0 Å². The van der Waals surface area contributed by atoms with Crippen molar-refractivity contribution in [2.75, 3.05) is 11.9 Å². The van der Waals surface area contributed by atoms with Crippen LogP contribution in [0, 0.1) is 6.92 Å². The number of hydrogen-bond acceptors (Lipinski definition) is 5. The highest BCUT2D eigenvalue weighted by Gasteiger charge is 2.10. The molecule has 0 aliphatic rings. The van der Waals surface area contributed by atoms with Crippen LogP contribution < -0.4 is 5.32 Å². The third-order valence-electron chi connectivity index (χ3n) is 3.15. The van der Waals surface area contributed by atoms with Crippen molar-refractivity contribution >= 4 is 28.1 Å². The van der Waals surface area contributed by atoms with Gasteiger partial charge >= 0.3 is 5.97 Å². The van der Waals surface area contributed by atoms with Crippen molar-refractivity contribution in [3.8, 4) is 0 Å². The SMILES string of the molecule is CCOC(=O)Cc1csc(Nc2c(C)cccc2CC)n1. The molecule has 0 bridgehead atoms. The van der Waals surface area contributed by atoms with Crippen LogP contribution in [-0.2, 0) is 22.4 Å². The van der Waals surface area contributed by atoms with Crippen molar-refractivity contribution in [3.63, 3.8) is 0 Å². The normalized spacial score (nSPS) is 10.4. The number of hydrogen-bond donors (Lipinski definition) is 1. The summed E-state index contributed by atoms with van der Waals surface area (Å²) < 4.78 is 4.93. The number of thiazole rings is 1. The Morgan fingerprint density at radius 1 is 1.38 bits per heavy atom. The average molecular weight is 304 g/mol. The first-order valence-corrected chi connectivity index (χ1v) is 7.97. The Bertz CT molecular complexity index is 622. The predicted octanol–water partition coefficient (Wildman–Crippen LogP) is 3.86. The number of aryl methyl sites for hydroxylation is 2. The maximum absolute atomic E-state index is 11.5. The molecule has 1 aromatic carbocycles. The van der Waals surface area contributed by atoms with E-state index in [4.69, 9.17) is 4.74 Å². The molecule has 21 heavy (non-hydrogen) atoms. The average Bonchev–Trinajstić information content (AvgIpc) is 2.88. The van der Waals surface area contributed by atoms with Gasteiger partial charge < -0.3 is 10.1 Å². The van der Waals surface area contributed by atoms with Gasteiger partial charge in [-0.15, -0.1) is 11.3 Å². The number of benzene rings is 1. The molecule has 0 radical (unpaired) electrons. The highest BCUT2D eigenvalue weighted by Crippen LogP contribution is 2.27. The van der Waals surface area contributed by atoms with E-state index in [1.807, 2.05) is 5.38 Å². The molecule has 0 saturated carbocycles. The number of para-hydroxylation sites is 1. The van der Waals surface area contributed by atoms with Crippen molar-refractivity contribution in [1.82, 2.24) is 4.98 Å². The molecule has 1 N–H and O–H groups in total. The summed E-state index contributed by atoms with van der Waals surface area (Å²) in [6, 6.07) is 6.25. The van der Waals surface area contributed by atoms with Crippen LogP contribution in [-0.4, -0.2) is 17.6 Å². The van der Waals surface area contributed by atoms with Crippen molar-refractivity contribution in [2.24, 2.45) is 0 Å². The van der Waals surface area contributed by atoms with Crippen LogP contribution in [0.15, 0.2) is 23.6 Å². The lowest BCUT2D eigenvalue weighted by Crippen LogP contribution is -2.07. The number of esters is 1. The van der Waals surface area contributed by atoms with Crippen LogP contribution in [0.4, 0.5) is 10.8 Å². The van der Waals surface area contributed by atoms with Gasteiger partial charge in [0.1, 0.15) is 0 Å². The van der Waals surface area contributed by atoms with Crippen molar-refractivity contribution < 1.29 is 9.53 Å². The zero-order chi connectivity index (χ0) is 15.2. The molecule has 1 heterocycles. The third-order valence-corrected chi connectivity index (χ3v) is 3.96. The Kier molecular flexibility index (Phi) is 5.33. The van der Waals surface area contributed by atoms with Gasteiger partial charge in [-0.3, -0.25) is 4.79 Å². The van der Waals surface area contributed by atoms with E-state index in [0.717, 1.165) is 22.9 Å². The Labute approximate surface area is 129 Å². The topological polar surface area (TPSA) is 51.2 Å². The Balaban J connectivity index is 2.11. The molecule has 0 spiro atoms. The molecule has 5 heteroatoms. The van der Waals surface area contributed by atoms with Gasteiger partial charge in [-0.25, -0.2) is 4.98 Å². The highest BCUT2D eigenvalue weighted by atomic mass is 32.1. The Morgan fingerprint density at radius 3 is 2.90 bits per heavy atom. The fourth-order valence-electron chi connectivity index (χ4n) is 2.11. The van der Waals surface area contributed by atoms with E-state index in [1.165, 1.54) is 22.5 Å². The smallest absolute Gasteiger partial charge is 0.311 e. The van der Waals surface area contributed by atoms with Gasteiger partial charge in [-0.1, -0.05) is 25.1 Å². The van der Waals surface area contributed by atoms with E-state index in [0.29, 0.717) is 6.61 Å². The van der Waals surface area contributed by atoms with Gasteiger partial charge in [-0.05, 0) is 31.4 Å². The van der Waals surface area contributed by atoms with Gasteiger partial charge in [0.15, 0.2) is 5.13 Å². The fraction of sp³-hybridized carbons (Fsp3) is 0.375. The summed E-state index contributed by atoms with van der Waals surface area (Å²) in [6.45, 7) is 6.41. The molecule has 1 aromatic heterocycles. The summed E-state index contributed by atoms with van der Waals surface area (Å²) in [7, 11) is 0. The Hall–Kier alpha value is -1.88. The zero-order valence-corrected chi connectivity index (χ0v) is 13.4. The number of nitrogens with one attached hydrogen (secondary N) is 1. The van der Waals surface area contributed by atoms with Crippen LogP contribution in [0.5, 0.6) is 0 Å². The van der Waals surface area contributed by atoms with E-state index in [-0.39, 0.29) is 12.4 Å². The number of nitrogens with zero attached hydrogens (tertiary/aromatic N) is 1. The second-order valence-corrected chi connectivity index (χ2v) is 5.57. The first-order valence-electron chi connectivity index (χ1n) is 7.09.